The Morgan fingerprint density at radius 3 is 1.04 bits per heavy atom. The van der Waals surface area contributed by atoms with Crippen LogP contribution in [0.4, 0.5) is 11.4 Å². The lowest BCUT2D eigenvalue weighted by Crippen LogP contribution is -2.36. The fourth-order valence-corrected chi connectivity index (χ4v) is 2.89. The molecule has 0 unspecified atom stereocenters. The van der Waals surface area contributed by atoms with Gasteiger partial charge in [0.25, 0.3) is 23.6 Å². The number of carbonyl (C=O) groups excluding carboxylic acids is 4. The minimum absolute atomic E-state index is 0.0566. The Morgan fingerprint density at radius 2 is 0.792 bits per heavy atom. The summed E-state index contributed by atoms with van der Waals surface area (Å²) < 4.78 is 0. The molecule has 0 atom stereocenters. The van der Waals surface area contributed by atoms with Crippen LogP contribution in [-0.2, 0) is 19.2 Å². The number of anilines is 2. The highest BCUT2D eigenvalue weighted by Gasteiger charge is 2.43. The lowest BCUT2D eigenvalue weighted by atomic mass is 10.2. The van der Waals surface area contributed by atoms with E-state index in [1.165, 1.54) is 24.3 Å². The molecular weight excluding hydrogens is 402 g/mol. The van der Waals surface area contributed by atoms with E-state index in [1.54, 1.807) is 0 Å². The molecule has 0 bridgehead atoms. The van der Waals surface area contributed by atoms with E-state index in [9.17, 15) is 19.2 Å². The Kier molecular flexibility index (Phi) is 4.17. The maximum absolute atomic E-state index is 12.2. The van der Waals surface area contributed by atoms with Gasteiger partial charge in [-0.05, 0) is 12.1 Å². The fourth-order valence-electron chi connectivity index (χ4n) is 2.23. The van der Waals surface area contributed by atoms with Gasteiger partial charge in [0.15, 0.2) is 0 Å². The van der Waals surface area contributed by atoms with E-state index >= 15 is 0 Å². The van der Waals surface area contributed by atoms with Gasteiger partial charge in [-0.25, -0.2) is 9.80 Å². The van der Waals surface area contributed by atoms with Crippen molar-refractivity contribution < 1.29 is 19.2 Å². The van der Waals surface area contributed by atoms with Crippen molar-refractivity contribution in [1.82, 2.24) is 0 Å². The number of rotatable bonds is 2. The molecule has 6 nitrogen and oxygen atoms in total. The minimum Gasteiger partial charge on any atom is -0.267 e. The summed E-state index contributed by atoms with van der Waals surface area (Å²) >= 11 is 22.8. The summed E-state index contributed by atoms with van der Waals surface area (Å²) in [6, 6.07) is 5.71. The van der Waals surface area contributed by atoms with Crippen LogP contribution in [0.25, 0.3) is 0 Å². The van der Waals surface area contributed by atoms with Gasteiger partial charge in [0.1, 0.15) is 20.1 Å². The van der Waals surface area contributed by atoms with Crippen molar-refractivity contribution in [2.75, 3.05) is 9.80 Å². The Hall–Kier alpha value is -1.86. The van der Waals surface area contributed by atoms with E-state index in [-0.39, 0.29) is 11.4 Å². The zero-order valence-electron chi connectivity index (χ0n) is 11.3. The first-order valence-electron chi connectivity index (χ1n) is 6.24. The van der Waals surface area contributed by atoms with E-state index < -0.39 is 43.8 Å². The highest BCUT2D eigenvalue weighted by atomic mass is 35.5. The molecule has 0 aromatic heterocycles. The average Bonchev–Trinajstić information content (AvgIpc) is 2.88. The predicted octanol–water partition coefficient (Wildman–Crippen LogP) is 2.81. The second-order valence-corrected chi connectivity index (χ2v) is 6.15. The minimum atomic E-state index is -0.872. The fraction of sp³-hybridized carbons (Fsp3) is 0. The number of carbonyl (C=O) groups is 4. The summed E-state index contributed by atoms with van der Waals surface area (Å²) in [5.41, 5.74) is -0.113. The average molecular weight is 406 g/mol. The zero-order chi connectivity index (χ0) is 17.8. The molecule has 3 rings (SSSR count). The number of halogens is 4. The van der Waals surface area contributed by atoms with E-state index in [4.69, 9.17) is 46.4 Å². The summed E-state index contributed by atoms with van der Waals surface area (Å²) in [6.07, 6.45) is 0. The lowest BCUT2D eigenvalue weighted by Gasteiger charge is -2.22. The third kappa shape index (κ3) is 2.26. The van der Waals surface area contributed by atoms with Gasteiger partial charge < -0.3 is 0 Å². The molecule has 1 aromatic rings. The van der Waals surface area contributed by atoms with Gasteiger partial charge in [-0.1, -0.05) is 58.5 Å². The van der Waals surface area contributed by atoms with Crippen molar-refractivity contribution >= 4 is 81.4 Å². The van der Waals surface area contributed by atoms with Crippen molar-refractivity contribution in [2.24, 2.45) is 0 Å². The van der Waals surface area contributed by atoms with Crippen LogP contribution in [0.1, 0.15) is 0 Å². The molecule has 4 amide bonds. The molecule has 24 heavy (non-hydrogen) atoms. The Labute approximate surface area is 154 Å². The second-order valence-electron chi connectivity index (χ2n) is 4.64. The lowest BCUT2D eigenvalue weighted by molar-refractivity contribution is -0.122. The van der Waals surface area contributed by atoms with Gasteiger partial charge >= 0.3 is 0 Å². The molecule has 0 radical (unpaired) electrons. The molecular formula is C14H4Cl4N2O4. The van der Waals surface area contributed by atoms with Crippen LogP contribution in [0.3, 0.4) is 0 Å². The molecule has 0 saturated carbocycles. The summed E-state index contributed by atoms with van der Waals surface area (Å²) in [6.45, 7) is 0. The van der Waals surface area contributed by atoms with Gasteiger partial charge in [0.2, 0.25) is 0 Å². The molecule has 0 spiro atoms. The largest absolute Gasteiger partial charge is 0.278 e. The standard InChI is InChI=1S/C14H4Cl4N2O4/c15-7-8(16)12(22)19(11(7)21)5-3-1-2-4-6(5)20-13(23)9(17)10(18)14(20)24/h1-4H. The first kappa shape index (κ1) is 17.0. The summed E-state index contributed by atoms with van der Waals surface area (Å²) in [5.74, 6) is -3.49. The van der Waals surface area contributed by atoms with Gasteiger partial charge in [-0.3, -0.25) is 19.2 Å². The van der Waals surface area contributed by atoms with Crippen molar-refractivity contribution in [3.63, 3.8) is 0 Å². The van der Waals surface area contributed by atoms with Crippen molar-refractivity contribution in [3.8, 4) is 0 Å². The topological polar surface area (TPSA) is 74.8 Å². The highest BCUT2D eigenvalue weighted by Crippen LogP contribution is 2.40. The Balaban J connectivity index is 2.13. The summed E-state index contributed by atoms with van der Waals surface area (Å²) in [7, 11) is 0. The van der Waals surface area contributed by atoms with E-state index in [2.05, 4.69) is 0 Å². The first-order valence-corrected chi connectivity index (χ1v) is 7.75. The SMILES string of the molecule is O=C1C(Cl)=C(Cl)C(=O)N1c1ccccc1N1C(=O)C(Cl)=C(Cl)C1=O. The molecule has 0 aliphatic carbocycles. The predicted molar refractivity (Wildman–Crippen MR) is 88.9 cm³/mol. The second kappa shape index (κ2) is 5.89. The van der Waals surface area contributed by atoms with Gasteiger partial charge in [-0.2, -0.15) is 0 Å². The van der Waals surface area contributed by atoms with E-state index in [0.717, 1.165) is 0 Å². The van der Waals surface area contributed by atoms with Crippen LogP contribution in [-0.4, -0.2) is 23.6 Å². The van der Waals surface area contributed by atoms with E-state index in [1.807, 2.05) is 0 Å². The van der Waals surface area contributed by atoms with Crippen LogP contribution < -0.4 is 9.80 Å². The number of hydrogen-bond acceptors (Lipinski definition) is 4. The molecule has 0 saturated heterocycles. The zero-order valence-corrected chi connectivity index (χ0v) is 14.4. The van der Waals surface area contributed by atoms with Crippen molar-refractivity contribution in [2.45, 2.75) is 0 Å². The number of amides is 4. The Morgan fingerprint density at radius 1 is 0.542 bits per heavy atom. The third-order valence-electron chi connectivity index (χ3n) is 3.31. The van der Waals surface area contributed by atoms with Gasteiger partial charge in [-0.15, -0.1) is 0 Å². The number of benzene rings is 1. The molecule has 0 fully saturated rings. The monoisotopic (exact) mass is 404 g/mol. The van der Waals surface area contributed by atoms with Crippen LogP contribution in [0.15, 0.2) is 44.4 Å². The van der Waals surface area contributed by atoms with Crippen LogP contribution in [0, 0.1) is 0 Å². The quantitative estimate of drug-likeness (QED) is 0.709. The molecule has 2 aliphatic rings. The molecule has 122 valence electrons. The van der Waals surface area contributed by atoms with Crippen molar-refractivity contribution in [3.05, 3.63) is 44.4 Å². The molecule has 2 heterocycles. The molecule has 1 aromatic carbocycles. The van der Waals surface area contributed by atoms with Gasteiger partial charge in [0.05, 0.1) is 11.4 Å². The molecule has 2 aliphatic heterocycles. The highest BCUT2D eigenvalue weighted by molar-refractivity contribution is 6.64. The van der Waals surface area contributed by atoms with Crippen LogP contribution in [0.5, 0.6) is 0 Å². The maximum Gasteiger partial charge on any atom is 0.278 e. The third-order valence-corrected chi connectivity index (χ3v) is 4.91. The van der Waals surface area contributed by atoms with Gasteiger partial charge in [0, 0.05) is 0 Å². The summed E-state index contributed by atoms with van der Waals surface area (Å²) in [5, 5.41) is -1.82. The van der Waals surface area contributed by atoms with Crippen LogP contribution >= 0.6 is 46.4 Å². The maximum atomic E-state index is 12.2. The molecule has 0 N–H and O–H groups in total. The molecule has 10 heteroatoms. The number of imide groups is 2. The van der Waals surface area contributed by atoms with Crippen molar-refractivity contribution in [1.29, 1.82) is 0 Å². The number of hydrogen-bond donors (Lipinski definition) is 0. The van der Waals surface area contributed by atoms with Crippen LogP contribution in [0.2, 0.25) is 0 Å². The van der Waals surface area contributed by atoms with E-state index in [0.29, 0.717) is 9.80 Å². The smallest absolute Gasteiger partial charge is 0.267 e. The summed E-state index contributed by atoms with van der Waals surface area (Å²) in [4.78, 5) is 50.0. The number of nitrogens with zero attached hydrogens (tertiary/aromatic N) is 2. The Bertz CT molecular complexity index is 785. The number of para-hydroxylation sites is 2. The normalized spacial score (nSPS) is 18.7. The first-order chi connectivity index (χ1) is 11.3.